The van der Waals surface area contributed by atoms with Crippen molar-refractivity contribution < 1.29 is 4.74 Å². The maximum Gasteiger partial charge on any atom is 0.175 e. The van der Waals surface area contributed by atoms with E-state index in [-0.39, 0.29) is 0 Å². The number of benzene rings is 1. The molecule has 1 aliphatic heterocycles. The summed E-state index contributed by atoms with van der Waals surface area (Å²) in [4.78, 5) is 14.4. The van der Waals surface area contributed by atoms with Gasteiger partial charge in [-0.2, -0.15) is 0 Å². The number of imidazole rings is 1. The van der Waals surface area contributed by atoms with Crippen molar-refractivity contribution in [3.8, 4) is 5.75 Å². The summed E-state index contributed by atoms with van der Waals surface area (Å²) < 4.78 is 9.05. The zero-order chi connectivity index (χ0) is 18.8. The number of anilines is 1. The lowest BCUT2D eigenvalue weighted by molar-refractivity contribution is 0.356. The number of aromatic nitrogens is 4. The van der Waals surface area contributed by atoms with E-state index in [4.69, 9.17) is 15.5 Å². The number of nitrogens with zero attached hydrogens (tertiary/aromatic N) is 4. The van der Waals surface area contributed by atoms with E-state index < -0.39 is 0 Å². The van der Waals surface area contributed by atoms with Crippen molar-refractivity contribution >= 4 is 51.3 Å². The third-order valence-electron chi connectivity index (χ3n) is 4.41. The summed E-state index contributed by atoms with van der Waals surface area (Å²) in [7, 11) is 0. The quantitative estimate of drug-likeness (QED) is 0.384. The monoisotopic (exact) mass is 496 g/mol. The Balaban J connectivity index is 1.69. The number of hydrogen-bond acceptors (Lipinski definition) is 7. The number of fused-ring (bicyclic) bond motifs is 2. The Morgan fingerprint density at radius 2 is 2.22 bits per heavy atom. The minimum absolute atomic E-state index is 0.411. The van der Waals surface area contributed by atoms with Crippen LogP contribution < -0.4 is 15.8 Å². The van der Waals surface area contributed by atoms with Crippen LogP contribution in [0.3, 0.4) is 0 Å². The van der Waals surface area contributed by atoms with Gasteiger partial charge >= 0.3 is 0 Å². The molecular formula is C18H21IN6OS. The van der Waals surface area contributed by atoms with Crippen molar-refractivity contribution in [2.75, 3.05) is 25.4 Å². The summed E-state index contributed by atoms with van der Waals surface area (Å²) in [6.07, 6.45) is 3.58. The summed E-state index contributed by atoms with van der Waals surface area (Å²) in [5.41, 5.74) is 8.74. The molecule has 3 N–H and O–H groups in total. The fraction of sp³-hybridized carbons (Fsp3) is 0.389. The van der Waals surface area contributed by atoms with Crippen LogP contribution in [-0.4, -0.2) is 39.2 Å². The van der Waals surface area contributed by atoms with Gasteiger partial charge in [-0.3, -0.25) is 0 Å². The highest BCUT2D eigenvalue weighted by Gasteiger charge is 2.19. The fourth-order valence-corrected chi connectivity index (χ4v) is 4.87. The van der Waals surface area contributed by atoms with Crippen LogP contribution in [0.25, 0.3) is 11.2 Å². The van der Waals surface area contributed by atoms with Crippen LogP contribution in [0.15, 0.2) is 28.5 Å². The molecule has 0 saturated heterocycles. The Bertz CT molecular complexity index is 976. The first kappa shape index (κ1) is 18.8. The molecule has 0 fully saturated rings. The van der Waals surface area contributed by atoms with Gasteiger partial charge < -0.3 is 20.4 Å². The highest BCUT2D eigenvalue weighted by Crippen LogP contribution is 2.38. The molecule has 7 nitrogen and oxygen atoms in total. The van der Waals surface area contributed by atoms with Crippen LogP contribution in [0.1, 0.15) is 18.9 Å². The van der Waals surface area contributed by atoms with Gasteiger partial charge in [-0.25, -0.2) is 15.0 Å². The Morgan fingerprint density at radius 3 is 3.07 bits per heavy atom. The van der Waals surface area contributed by atoms with Crippen LogP contribution in [0, 0.1) is 3.57 Å². The van der Waals surface area contributed by atoms with Gasteiger partial charge in [-0.05, 0) is 53.3 Å². The van der Waals surface area contributed by atoms with E-state index >= 15 is 0 Å². The standard InChI is InChI=1S/C18H21IN6OS/c1-2-4-21-5-6-25-17-15(16(20)22-10-23-17)24-18(25)27-14-9-13-11(3-7-26-13)8-12(14)19/h8-10,21H,2-7H2,1H3,(H2,20,22,23). The fourth-order valence-electron chi connectivity index (χ4n) is 3.06. The van der Waals surface area contributed by atoms with Crippen LogP contribution in [0.2, 0.25) is 0 Å². The van der Waals surface area contributed by atoms with Gasteiger partial charge in [0.25, 0.3) is 0 Å². The first-order chi connectivity index (χ1) is 13.2. The van der Waals surface area contributed by atoms with Crippen molar-refractivity contribution in [1.29, 1.82) is 0 Å². The number of hydrogen-bond donors (Lipinski definition) is 2. The lowest BCUT2D eigenvalue weighted by Gasteiger charge is -2.11. The van der Waals surface area contributed by atoms with Crippen molar-refractivity contribution in [2.24, 2.45) is 0 Å². The van der Waals surface area contributed by atoms with Crippen LogP contribution in [0.4, 0.5) is 5.82 Å². The smallest absolute Gasteiger partial charge is 0.175 e. The molecule has 0 amide bonds. The largest absolute Gasteiger partial charge is 0.493 e. The van der Waals surface area contributed by atoms with Gasteiger partial charge in [0, 0.05) is 28.0 Å². The second-order valence-electron chi connectivity index (χ2n) is 6.32. The van der Waals surface area contributed by atoms with Crippen LogP contribution in [0.5, 0.6) is 5.75 Å². The summed E-state index contributed by atoms with van der Waals surface area (Å²) in [5, 5.41) is 4.30. The Kier molecular flexibility index (Phi) is 5.69. The van der Waals surface area contributed by atoms with E-state index in [0.717, 1.165) is 60.5 Å². The highest BCUT2D eigenvalue weighted by molar-refractivity contribution is 14.1. The lowest BCUT2D eigenvalue weighted by atomic mass is 10.2. The summed E-state index contributed by atoms with van der Waals surface area (Å²) in [5.74, 6) is 1.39. The SMILES string of the molecule is CCCNCCn1c(Sc2cc3c(cc2I)CCO3)nc2c(N)ncnc21. The molecule has 1 aromatic carbocycles. The van der Waals surface area contributed by atoms with Crippen molar-refractivity contribution in [2.45, 2.75) is 36.4 Å². The molecule has 1 aliphatic rings. The summed E-state index contributed by atoms with van der Waals surface area (Å²) in [6, 6.07) is 4.32. The Hall–Kier alpha value is -1.59. The number of halogens is 1. The maximum atomic E-state index is 6.04. The molecule has 9 heteroatoms. The molecule has 3 heterocycles. The number of nitrogens with two attached hydrogens (primary N) is 1. The molecule has 0 spiro atoms. The second kappa shape index (κ2) is 8.19. The van der Waals surface area contributed by atoms with E-state index in [2.05, 4.69) is 61.5 Å². The Labute approximate surface area is 175 Å². The molecule has 4 rings (SSSR count). The molecule has 2 aromatic heterocycles. The molecule has 27 heavy (non-hydrogen) atoms. The third kappa shape index (κ3) is 3.85. The molecule has 142 valence electrons. The highest BCUT2D eigenvalue weighted by atomic mass is 127. The number of ether oxygens (including phenoxy) is 1. The molecule has 0 unspecified atom stereocenters. The van der Waals surface area contributed by atoms with Gasteiger partial charge in [0.05, 0.1) is 6.61 Å². The van der Waals surface area contributed by atoms with E-state index in [1.54, 1.807) is 11.8 Å². The number of nitrogen functional groups attached to an aromatic ring is 1. The molecular weight excluding hydrogens is 475 g/mol. The van der Waals surface area contributed by atoms with Gasteiger partial charge in [0.15, 0.2) is 22.1 Å². The average molecular weight is 496 g/mol. The zero-order valence-electron chi connectivity index (χ0n) is 15.0. The van der Waals surface area contributed by atoms with Crippen LogP contribution in [-0.2, 0) is 13.0 Å². The van der Waals surface area contributed by atoms with Gasteiger partial charge in [-0.1, -0.05) is 18.7 Å². The molecule has 0 bridgehead atoms. The van der Waals surface area contributed by atoms with Crippen molar-refractivity contribution in [3.05, 3.63) is 27.6 Å². The van der Waals surface area contributed by atoms with Gasteiger partial charge in [-0.15, -0.1) is 0 Å². The Morgan fingerprint density at radius 1 is 1.33 bits per heavy atom. The van der Waals surface area contributed by atoms with Gasteiger partial charge in [0.2, 0.25) is 0 Å². The first-order valence-electron chi connectivity index (χ1n) is 8.98. The number of nitrogens with one attached hydrogen (secondary N) is 1. The topological polar surface area (TPSA) is 90.9 Å². The molecule has 0 saturated carbocycles. The predicted octanol–water partition coefficient (Wildman–Crippen LogP) is 3.10. The normalized spacial score (nSPS) is 13.1. The summed E-state index contributed by atoms with van der Waals surface area (Å²) in [6.45, 7) is 5.53. The van der Waals surface area contributed by atoms with E-state index in [1.807, 2.05) is 0 Å². The molecule has 0 aliphatic carbocycles. The molecule has 0 radical (unpaired) electrons. The summed E-state index contributed by atoms with van der Waals surface area (Å²) >= 11 is 4.00. The van der Waals surface area contributed by atoms with Gasteiger partial charge in [0.1, 0.15) is 12.1 Å². The molecule has 0 atom stereocenters. The third-order valence-corrected chi connectivity index (χ3v) is 6.72. The van der Waals surface area contributed by atoms with Crippen molar-refractivity contribution in [3.63, 3.8) is 0 Å². The average Bonchev–Trinajstić information content (AvgIpc) is 3.24. The zero-order valence-corrected chi connectivity index (χ0v) is 18.0. The first-order valence-corrected chi connectivity index (χ1v) is 10.9. The predicted molar refractivity (Wildman–Crippen MR) is 115 cm³/mol. The lowest BCUT2D eigenvalue weighted by Crippen LogP contribution is -2.21. The minimum atomic E-state index is 0.411. The van der Waals surface area contributed by atoms with E-state index in [1.165, 1.54) is 15.5 Å². The van der Waals surface area contributed by atoms with Crippen molar-refractivity contribution in [1.82, 2.24) is 24.8 Å². The second-order valence-corrected chi connectivity index (χ2v) is 8.49. The minimum Gasteiger partial charge on any atom is -0.493 e. The maximum absolute atomic E-state index is 6.04. The van der Waals surface area contributed by atoms with E-state index in [9.17, 15) is 0 Å². The van der Waals surface area contributed by atoms with E-state index in [0.29, 0.717) is 11.3 Å². The number of rotatable bonds is 7. The molecule has 3 aromatic rings. The van der Waals surface area contributed by atoms with Crippen LogP contribution >= 0.6 is 34.4 Å².